The summed E-state index contributed by atoms with van der Waals surface area (Å²) in [6.07, 6.45) is 22.5. The predicted molar refractivity (Wildman–Crippen MR) is 120 cm³/mol. The molecule has 1 aromatic rings. The largest absolute Gasteiger partial charge is 0.507 e. The number of unbranched alkanes of at least 4 members (excludes halogenated alkanes) is 12. The van der Waals surface area contributed by atoms with Crippen LogP contribution in [0.25, 0.3) is 0 Å². The van der Waals surface area contributed by atoms with Crippen LogP contribution in [0.4, 0.5) is 0 Å². The Labute approximate surface area is 177 Å². The van der Waals surface area contributed by atoms with Gasteiger partial charge < -0.3 is 14.9 Å². The molecule has 4 nitrogen and oxygen atoms in total. The Balaban J connectivity index is 1.89. The quantitative estimate of drug-likeness (QED) is 0.196. The lowest BCUT2D eigenvalue weighted by Gasteiger charge is -2.07. The molecular weight excluding hydrogens is 364 g/mol. The van der Waals surface area contributed by atoms with Crippen LogP contribution in [-0.4, -0.2) is 22.8 Å². The second kappa shape index (κ2) is 16.9. The SMILES string of the molecule is CCCCCCCC/C=C\CCCCCCCCOc1ccc(C(=O)O)c(O)c1. The monoisotopic (exact) mass is 404 g/mol. The van der Waals surface area contributed by atoms with Crippen LogP contribution in [0.3, 0.4) is 0 Å². The van der Waals surface area contributed by atoms with Crippen molar-refractivity contribution in [2.24, 2.45) is 0 Å². The average Bonchev–Trinajstić information content (AvgIpc) is 2.70. The fraction of sp³-hybridized carbons (Fsp3) is 0.640. The zero-order valence-corrected chi connectivity index (χ0v) is 18.2. The third-order valence-electron chi connectivity index (χ3n) is 5.12. The first-order valence-electron chi connectivity index (χ1n) is 11.5. The lowest BCUT2D eigenvalue weighted by molar-refractivity contribution is 0.0693. The van der Waals surface area contributed by atoms with E-state index in [1.165, 1.54) is 89.2 Å². The molecule has 2 N–H and O–H groups in total. The molecular formula is C25H40O4. The lowest BCUT2D eigenvalue weighted by atomic mass is 10.1. The highest BCUT2D eigenvalue weighted by atomic mass is 16.5. The number of rotatable bonds is 18. The number of carboxylic acid groups (broad SMARTS) is 1. The fourth-order valence-electron chi connectivity index (χ4n) is 3.32. The van der Waals surface area contributed by atoms with E-state index in [4.69, 9.17) is 9.84 Å². The molecule has 29 heavy (non-hydrogen) atoms. The molecule has 0 aliphatic rings. The summed E-state index contributed by atoms with van der Waals surface area (Å²) in [5, 5.41) is 18.5. The maximum absolute atomic E-state index is 10.9. The van der Waals surface area contributed by atoms with Gasteiger partial charge in [0.05, 0.1) is 6.61 Å². The third kappa shape index (κ3) is 13.0. The van der Waals surface area contributed by atoms with E-state index in [1.54, 1.807) is 6.07 Å². The van der Waals surface area contributed by atoms with Crippen LogP contribution in [-0.2, 0) is 0 Å². The molecule has 0 spiro atoms. The molecule has 0 saturated heterocycles. The van der Waals surface area contributed by atoms with Gasteiger partial charge in [-0.3, -0.25) is 0 Å². The zero-order valence-electron chi connectivity index (χ0n) is 18.2. The number of aromatic carboxylic acids is 1. The Morgan fingerprint density at radius 3 is 1.97 bits per heavy atom. The molecule has 0 unspecified atom stereocenters. The van der Waals surface area contributed by atoms with Crippen LogP contribution in [0.5, 0.6) is 11.5 Å². The number of ether oxygens (including phenoxy) is 1. The Morgan fingerprint density at radius 1 is 0.862 bits per heavy atom. The maximum Gasteiger partial charge on any atom is 0.339 e. The van der Waals surface area contributed by atoms with Crippen LogP contribution in [0.2, 0.25) is 0 Å². The molecule has 0 saturated carbocycles. The number of carboxylic acids is 1. The smallest absolute Gasteiger partial charge is 0.339 e. The normalized spacial score (nSPS) is 11.2. The molecule has 0 atom stereocenters. The van der Waals surface area contributed by atoms with Crippen molar-refractivity contribution >= 4 is 5.97 Å². The van der Waals surface area contributed by atoms with Crippen LogP contribution in [0, 0.1) is 0 Å². The van der Waals surface area contributed by atoms with E-state index in [2.05, 4.69) is 19.1 Å². The van der Waals surface area contributed by atoms with E-state index in [-0.39, 0.29) is 11.3 Å². The summed E-state index contributed by atoms with van der Waals surface area (Å²) in [5.41, 5.74) is -0.102. The summed E-state index contributed by atoms with van der Waals surface area (Å²) in [6, 6.07) is 4.32. The molecule has 0 aliphatic heterocycles. The molecule has 0 aromatic heterocycles. The number of hydrogen-bond donors (Lipinski definition) is 2. The topological polar surface area (TPSA) is 66.8 Å². The van der Waals surface area contributed by atoms with E-state index >= 15 is 0 Å². The fourth-order valence-corrected chi connectivity index (χ4v) is 3.32. The average molecular weight is 405 g/mol. The second-order valence-corrected chi connectivity index (χ2v) is 7.77. The van der Waals surface area contributed by atoms with E-state index < -0.39 is 5.97 Å². The van der Waals surface area contributed by atoms with Gasteiger partial charge in [0.25, 0.3) is 0 Å². The highest BCUT2D eigenvalue weighted by molar-refractivity contribution is 5.90. The van der Waals surface area contributed by atoms with E-state index in [9.17, 15) is 9.90 Å². The van der Waals surface area contributed by atoms with Gasteiger partial charge in [-0.25, -0.2) is 4.79 Å². The Hall–Kier alpha value is -1.97. The molecule has 0 aliphatic carbocycles. The second-order valence-electron chi connectivity index (χ2n) is 7.77. The Kier molecular flexibility index (Phi) is 14.6. The third-order valence-corrected chi connectivity index (χ3v) is 5.12. The molecule has 0 fully saturated rings. The van der Waals surface area contributed by atoms with Gasteiger partial charge in [0.1, 0.15) is 17.1 Å². The van der Waals surface area contributed by atoms with Crippen LogP contribution >= 0.6 is 0 Å². The first-order valence-corrected chi connectivity index (χ1v) is 11.5. The Morgan fingerprint density at radius 2 is 1.41 bits per heavy atom. The molecule has 1 aromatic carbocycles. The molecule has 0 heterocycles. The van der Waals surface area contributed by atoms with Gasteiger partial charge in [0.2, 0.25) is 0 Å². The van der Waals surface area contributed by atoms with Crippen molar-refractivity contribution in [3.63, 3.8) is 0 Å². The minimum atomic E-state index is -1.14. The molecule has 164 valence electrons. The number of allylic oxidation sites excluding steroid dienone is 2. The van der Waals surface area contributed by atoms with E-state index in [0.717, 1.165) is 12.8 Å². The molecule has 0 bridgehead atoms. The summed E-state index contributed by atoms with van der Waals surface area (Å²) < 4.78 is 5.58. The Bertz CT molecular complexity index is 580. The van der Waals surface area contributed by atoms with E-state index in [0.29, 0.717) is 12.4 Å². The molecule has 0 amide bonds. The summed E-state index contributed by atoms with van der Waals surface area (Å²) in [5.74, 6) is -0.876. The zero-order chi connectivity index (χ0) is 21.2. The minimum Gasteiger partial charge on any atom is -0.507 e. The standard InChI is InChI=1S/C25H40O4/c1-2-3-4-5-6-7-8-9-10-11-12-13-14-15-16-17-20-29-22-18-19-23(25(27)28)24(26)21-22/h9-10,18-19,21,26H,2-8,11-17,20H2,1H3,(H,27,28)/b10-9-. The van der Waals surface area contributed by atoms with Gasteiger partial charge in [0.15, 0.2) is 0 Å². The van der Waals surface area contributed by atoms with Crippen LogP contribution in [0.1, 0.15) is 107 Å². The summed E-state index contributed by atoms with van der Waals surface area (Å²) in [4.78, 5) is 10.9. The van der Waals surface area contributed by atoms with E-state index in [1.807, 2.05) is 0 Å². The number of benzene rings is 1. The molecule has 0 radical (unpaired) electrons. The maximum atomic E-state index is 10.9. The van der Waals surface area contributed by atoms with Gasteiger partial charge in [-0.1, -0.05) is 76.9 Å². The summed E-state index contributed by atoms with van der Waals surface area (Å²) in [6.45, 7) is 2.85. The van der Waals surface area contributed by atoms with Gasteiger partial charge in [-0.15, -0.1) is 0 Å². The van der Waals surface area contributed by atoms with Crippen LogP contribution < -0.4 is 4.74 Å². The van der Waals surface area contributed by atoms with Gasteiger partial charge in [0, 0.05) is 6.07 Å². The minimum absolute atomic E-state index is 0.102. The number of aromatic hydroxyl groups is 1. The summed E-state index contributed by atoms with van der Waals surface area (Å²) >= 11 is 0. The predicted octanol–water partition coefficient (Wildman–Crippen LogP) is 7.51. The molecule has 4 heteroatoms. The van der Waals surface area contributed by atoms with Crippen molar-refractivity contribution in [1.29, 1.82) is 0 Å². The van der Waals surface area contributed by atoms with Crippen molar-refractivity contribution in [3.8, 4) is 11.5 Å². The van der Waals surface area contributed by atoms with Crippen LogP contribution in [0.15, 0.2) is 30.4 Å². The number of phenols is 1. The highest BCUT2D eigenvalue weighted by Gasteiger charge is 2.09. The highest BCUT2D eigenvalue weighted by Crippen LogP contribution is 2.23. The van der Waals surface area contributed by atoms with Gasteiger partial charge in [-0.05, 0) is 44.2 Å². The summed E-state index contributed by atoms with van der Waals surface area (Å²) in [7, 11) is 0. The van der Waals surface area contributed by atoms with Gasteiger partial charge >= 0.3 is 5.97 Å². The molecule has 1 rings (SSSR count). The number of carbonyl (C=O) groups is 1. The van der Waals surface area contributed by atoms with Crippen molar-refractivity contribution in [3.05, 3.63) is 35.9 Å². The van der Waals surface area contributed by atoms with Crippen molar-refractivity contribution in [2.75, 3.05) is 6.61 Å². The van der Waals surface area contributed by atoms with Crippen molar-refractivity contribution in [2.45, 2.75) is 96.8 Å². The first kappa shape index (κ1) is 25.1. The van der Waals surface area contributed by atoms with Crippen molar-refractivity contribution < 1.29 is 19.7 Å². The lowest BCUT2D eigenvalue weighted by Crippen LogP contribution is -2.00. The number of hydrogen-bond acceptors (Lipinski definition) is 3. The van der Waals surface area contributed by atoms with Gasteiger partial charge in [-0.2, -0.15) is 0 Å². The van der Waals surface area contributed by atoms with Crippen molar-refractivity contribution in [1.82, 2.24) is 0 Å². The first-order chi connectivity index (χ1) is 14.1.